The SMILES string of the molecule is CN(CCN)[C@H]1CC[C@@H]2[C@@H]3CC[C@H]4C[C@@H](O)CC[C@]4(C)[C@H]3CC[C@@]21C. The topological polar surface area (TPSA) is 49.5 Å². The van der Waals surface area contributed by atoms with Crippen LogP contribution in [0.3, 0.4) is 0 Å². The minimum absolute atomic E-state index is 0.0238. The summed E-state index contributed by atoms with van der Waals surface area (Å²) in [5, 5.41) is 10.2. The molecule has 3 heteroatoms. The average Bonchev–Trinajstić information content (AvgIpc) is 2.93. The molecule has 0 unspecified atom stereocenters. The molecule has 0 radical (unpaired) electrons. The van der Waals surface area contributed by atoms with E-state index in [1.807, 2.05) is 0 Å². The molecule has 3 N–H and O–H groups in total. The minimum atomic E-state index is -0.0238. The highest BCUT2D eigenvalue weighted by atomic mass is 16.3. The zero-order chi connectivity index (χ0) is 17.8. The summed E-state index contributed by atoms with van der Waals surface area (Å²) in [7, 11) is 2.30. The van der Waals surface area contributed by atoms with E-state index in [2.05, 4.69) is 25.8 Å². The number of aliphatic hydroxyl groups excluding tert-OH is 1. The van der Waals surface area contributed by atoms with Crippen LogP contribution in [0.5, 0.6) is 0 Å². The molecular weight excluding hydrogens is 308 g/mol. The lowest BCUT2D eigenvalue weighted by Gasteiger charge is -2.61. The number of fused-ring (bicyclic) bond motifs is 5. The van der Waals surface area contributed by atoms with Crippen molar-refractivity contribution in [3.63, 3.8) is 0 Å². The first-order chi connectivity index (χ1) is 11.9. The van der Waals surface area contributed by atoms with Gasteiger partial charge in [0.25, 0.3) is 0 Å². The van der Waals surface area contributed by atoms with Gasteiger partial charge in [0, 0.05) is 19.1 Å². The normalized spacial score (nSPS) is 52.6. The molecule has 3 nitrogen and oxygen atoms in total. The van der Waals surface area contributed by atoms with E-state index < -0.39 is 0 Å². The van der Waals surface area contributed by atoms with Gasteiger partial charge < -0.3 is 15.7 Å². The molecule has 4 rings (SSSR count). The van der Waals surface area contributed by atoms with Crippen LogP contribution in [-0.2, 0) is 0 Å². The Bertz CT molecular complexity index is 496. The second-order valence-corrected chi connectivity index (χ2v) is 10.5. The quantitative estimate of drug-likeness (QED) is 0.818. The van der Waals surface area contributed by atoms with E-state index in [1.54, 1.807) is 0 Å². The first kappa shape index (κ1) is 18.3. The monoisotopic (exact) mass is 348 g/mol. The lowest BCUT2D eigenvalue weighted by atomic mass is 9.45. The summed E-state index contributed by atoms with van der Waals surface area (Å²) in [6.07, 6.45) is 11.8. The summed E-state index contributed by atoms with van der Waals surface area (Å²) in [5.41, 5.74) is 6.86. The van der Waals surface area contributed by atoms with Gasteiger partial charge >= 0.3 is 0 Å². The summed E-state index contributed by atoms with van der Waals surface area (Å²) < 4.78 is 0. The molecule has 0 aromatic carbocycles. The van der Waals surface area contributed by atoms with Gasteiger partial charge in [0.2, 0.25) is 0 Å². The van der Waals surface area contributed by atoms with Gasteiger partial charge in [-0.1, -0.05) is 13.8 Å². The van der Waals surface area contributed by atoms with Crippen molar-refractivity contribution in [2.75, 3.05) is 20.1 Å². The van der Waals surface area contributed by atoms with Crippen LogP contribution in [0, 0.1) is 34.5 Å². The maximum Gasteiger partial charge on any atom is 0.0543 e. The van der Waals surface area contributed by atoms with Gasteiger partial charge in [-0.25, -0.2) is 0 Å². The zero-order valence-corrected chi connectivity index (χ0v) is 16.7. The molecule has 4 fully saturated rings. The number of nitrogens with two attached hydrogens (primary N) is 1. The van der Waals surface area contributed by atoms with E-state index in [4.69, 9.17) is 5.73 Å². The summed E-state index contributed by atoms with van der Waals surface area (Å²) in [5.74, 6) is 3.54. The Morgan fingerprint density at radius 2 is 1.68 bits per heavy atom. The van der Waals surface area contributed by atoms with Gasteiger partial charge in [-0.3, -0.25) is 0 Å². The fourth-order valence-corrected chi connectivity index (χ4v) is 8.29. The minimum Gasteiger partial charge on any atom is -0.393 e. The third kappa shape index (κ3) is 2.72. The average molecular weight is 349 g/mol. The number of hydrogen-bond donors (Lipinski definition) is 2. The molecule has 8 atom stereocenters. The molecule has 0 heterocycles. The van der Waals surface area contributed by atoms with Crippen molar-refractivity contribution < 1.29 is 5.11 Å². The van der Waals surface area contributed by atoms with Gasteiger partial charge in [0.05, 0.1) is 6.10 Å². The highest BCUT2D eigenvalue weighted by Crippen LogP contribution is 2.66. The van der Waals surface area contributed by atoms with Crippen molar-refractivity contribution >= 4 is 0 Å². The molecular formula is C22H40N2O. The lowest BCUT2D eigenvalue weighted by molar-refractivity contribution is -0.128. The molecule has 4 saturated carbocycles. The van der Waals surface area contributed by atoms with Crippen LogP contribution >= 0.6 is 0 Å². The smallest absolute Gasteiger partial charge is 0.0543 e. The first-order valence-corrected chi connectivity index (χ1v) is 11.0. The Morgan fingerprint density at radius 1 is 0.960 bits per heavy atom. The number of hydrogen-bond acceptors (Lipinski definition) is 3. The van der Waals surface area contributed by atoms with Gasteiger partial charge in [-0.15, -0.1) is 0 Å². The predicted octanol–water partition coefficient (Wildman–Crippen LogP) is 3.65. The second-order valence-electron chi connectivity index (χ2n) is 10.5. The molecule has 0 aliphatic heterocycles. The molecule has 0 aromatic heterocycles. The molecule has 0 amide bonds. The number of nitrogens with zero attached hydrogens (tertiary/aromatic N) is 1. The van der Waals surface area contributed by atoms with E-state index in [0.29, 0.717) is 10.8 Å². The Balaban J connectivity index is 1.56. The molecule has 0 spiro atoms. The van der Waals surface area contributed by atoms with Gasteiger partial charge in [0.15, 0.2) is 0 Å². The molecule has 0 bridgehead atoms. The van der Waals surface area contributed by atoms with E-state index in [0.717, 1.165) is 55.6 Å². The van der Waals surface area contributed by atoms with Gasteiger partial charge in [-0.05, 0) is 99.3 Å². The summed E-state index contributed by atoms with van der Waals surface area (Å²) in [6, 6.07) is 0.737. The standard InChI is InChI=1S/C22H40N2O/c1-21-10-8-16(25)14-15(21)4-5-17-18-6-7-20(24(3)13-12-23)22(18,2)11-9-19(17)21/h15-20,25H,4-14,23H2,1-3H3/t15-,16-,17-,18+,19-,20-,21-,22-/m0/s1. The zero-order valence-electron chi connectivity index (χ0n) is 16.7. The van der Waals surface area contributed by atoms with E-state index in [1.165, 1.54) is 44.9 Å². The summed E-state index contributed by atoms with van der Waals surface area (Å²) in [4.78, 5) is 2.57. The van der Waals surface area contributed by atoms with Crippen LogP contribution in [0.1, 0.15) is 71.6 Å². The fraction of sp³-hybridized carbons (Fsp3) is 1.00. The van der Waals surface area contributed by atoms with Crippen molar-refractivity contribution in [1.29, 1.82) is 0 Å². The first-order valence-electron chi connectivity index (χ1n) is 11.0. The maximum absolute atomic E-state index is 10.2. The van der Waals surface area contributed by atoms with Gasteiger partial charge in [-0.2, -0.15) is 0 Å². The van der Waals surface area contributed by atoms with Crippen LogP contribution in [-0.4, -0.2) is 42.3 Å². The third-order valence-electron chi connectivity index (χ3n) is 9.60. The molecule has 4 aliphatic carbocycles. The van der Waals surface area contributed by atoms with Crippen LogP contribution in [0.2, 0.25) is 0 Å². The van der Waals surface area contributed by atoms with Crippen LogP contribution in [0.4, 0.5) is 0 Å². The van der Waals surface area contributed by atoms with Crippen molar-refractivity contribution in [2.24, 2.45) is 40.2 Å². The van der Waals surface area contributed by atoms with Crippen LogP contribution in [0.25, 0.3) is 0 Å². The fourth-order valence-electron chi connectivity index (χ4n) is 8.29. The van der Waals surface area contributed by atoms with E-state index in [9.17, 15) is 5.11 Å². The van der Waals surface area contributed by atoms with Gasteiger partial charge in [0.1, 0.15) is 0 Å². The Morgan fingerprint density at radius 3 is 2.44 bits per heavy atom. The van der Waals surface area contributed by atoms with Crippen molar-refractivity contribution in [2.45, 2.75) is 83.8 Å². The lowest BCUT2D eigenvalue weighted by Crippen LogP contribution is -2.56. The van der Waals surface area contributed by atoms with Crippen molar-refractivity contribution in [3.8, 4) is 0 Å². The largest absolute Gasteiger partial charge is 0.393 e. The predicted molar refractivity (Wildman–Crippen MR) is 103 cm³/mol. The van der Waals surface area contributed by atoms with Crippen molar-refractivity contribution in [3.05, 3.63) is 0 Å². The Kier molecular flexibility index (Phi) is 4.74. The maximum atomic E-state index is 10.2. The van der Waals surface area contributed by atoms with Crippen LogP contribution < -0.4 is 5.73 Å². The van der Waals surface area contributed by atoms with Crippen molar-refractivity contribution in [1.82, 2.24) is 4.90 Å². The molecule has 144 valence electrons. The molecule has 0 aromatic rings. The Hall–Kier alpha value is -0.120. The Labute approximate surface area is 154 Å². The summed E-state index contributed by atoms with van der Waals surface area (Å²) in [6.45, 7) is 7.02. The summed E-state index contributed by atoms with van der Waals surface area (Å²) >= 11 is 0. The molecule has 25 heavy (non-hydrogen) atoms. The number of rotatable bonds is 3. The second kappa shape index (κ2) is 6.49. The molecule has 4 aliphatic rings. The highest BCUT2D eigenvalue weighted by molar-refractivity contribution is 5.11. The van der Waals surface area contributed by atoms with Crippen LogP contribution in [0.15, 0.2) is 0 Å². The number of likely N-dealkylation sites (N-methyl/N-ethyl adjacent to an activating group) is 1. The van der Waals surface area contributed by atoms with E-state index >= 15 is 0 Å². The molecule has 0 saturated heterocycles. The van der Waals surface area contributed by atoms with E-state index in [-0.39, 0.29) is 6.10 Å². The number of aliphatic hydroxyl groups is 1. The third-order valence-corrected chi connectivity index (χ3v) is 9.60. The highest BCUT2D eigenvalue weighted by Gasteiger charge is 2.60.